The van der Waals surface area contributed by atoms with Crippen LogP contribution in [0.4, 0.5) is 0 Å². The van der Waals surface area contributed by atoms with E-state index in [1.54, 1.807) is 7.05 Å². The van der Waals surface area contributed by atoms with E-state index < -0.39 is 5.91 Å². The molecule has 2 N–H and O–H groups in total. The third kappa shape index (κ3) is 3.67. The first-order chi connectivity index (χ1) is 7.56. The summed E-state index contributed by atoms with van der Waals surface area (Å²) in [4.78, 5) is 1.34. The molecule has 0 aliphatic carbocycles. The third-order valence-electron chi connectivity index (χ3n) is 2.53. The lowest BCUT2D eigenvalue weighted by molar-refractivity contribution is -0.209. The number of hydrogen-bond acceptors (Lipinski definition) is 3. The first-order valence-corrected chi connectivity index (χ1v) is 5.24. The number of terminal acetylenes is 1. The normalized spacial score (nSPS) is 11.4. The largest absolute Gasteiger partial charge is 0.343 e. The molecule has 0 amide bonds. The molecular weight excluding hydrogens is 202 g/mol. The van der Waals surface area contributed by atoms with Crippen LogP contribution in [0.1, 0.15) is 12.0 Å². The summed E-state index contributed by atoms with van der Waals surface area (Å²) in [7, 11) is 1.59. The summed E-state index contributed by atoms with van der Waals surface area (Å²) in [5.41, 5.74) is 1.23. The highest BCUT2D eigenvalue weighted by molar-refractivity contribution is 5.14. The molecule has 0 aromatic heterocycles. The van der Waals surface area contributed by atoms with Gasteiger partial charge >= 0.3 is 0 Å². The molecule has 0 fully saturated rings. The maximum atomic E-state index is 9.33. The summed E-state index contributed by atoms with van der Waals surface area (Å²) in [5.74, 6) is -0.215. The number of hydrogen-bond donors (Lipinski definition) is 2. The molecule has 0 aliphatic rings. The molecule has 0 aliphatic heterocycles. The minimum absolute atomic E-state index is 0.534. The van der Waals surface area contributed by atoms with Crippen molar-refractivity contribution in [3.63, 3.8) is 0 Å². The maximum absolute atomic E-state index is 9.33. The molecule has 86 valence electrons. The number of aryl methyl sites for hydroxylation is 1. The molecular formula is C13H17NO2. The van der Waals surface area contributed by atoms with Crippen molar-refractivity contribution in [1.29, 1.82) is 0 Å². The third-order valence-corrected chi connectivity index (χ3v) is 2.53. The molecule has 0 unspecified atom stereocenters. The van der Waals surface area contributed by atoms with E-state index in [0.717, 1.165) is 12.8 Å². The standard InChI is InChI=1S/C13H17NO2/c1-3-13(15,16)14(2)11-7-10-12-8-5-4-6-9-12/h1,4-6,8-9,15-16H,7,10-11H2,2H3. The van der Waals surface area contributed by atoms with E-state index in [4.69, 9.17) is 6.42 Å². The average Bonchev–Trinajstić information content (AvgIpc) is 2.30. The molecule has 0 saturated heterocycles. The molecule has 1 aromatic carbocycles. The molecule has 1 aromatic rings. The molecule has 3 heteroatoms. The van der Waals surface area contributed by atoms with Gasteiger partial charge in [-0.05, 0) is 31.4 Å². The van der Waals surface area contributed by atoms with Crippen LogP contribution in [0.15, 0.2) is 30.3 Å². The van der Waals surface area contributed by atoms with Gasteiger partial charge in [0.25, 0.3) is 5.91 Å². The monoisotopic (exact) mass is 219 g/mol. The predicted molar refractivity (Wildman–Crippen MR) is 63.4 cm³/mol. The lowest BCUT2D eigenvalue weighted by Crippen LogP contribution is -2.45. The summed E-state index contributed by atoms with van der Waals surface area (Å²) in [6, 6.07) is 10.0. The van der Waals surface area contributed by atoms with E-state index in [-0.39, 0.29) is 0 Å². The molecule has 0 saturated carbocycles. The van der Waals surface area contributed by atoms with Crippen LogP contribution in [-0.2, 0) is 6.42 Å². The topological polar surface area (TPSA) is 43.7 Å². The zero-order chi connectivity index (χ0) is 12.0. The highest BCUT2D eigenvalue weighted by Gasteiger charge is 2.24. The number of rotatable bonds is 5. The van der Waals surface area contributed by atoms with Crippen molar-refractivity contribution >= 4 is 0 Å². The van der Waals surface area contributed by atoms with Gasteiger partial charge in [-0.15, -0.1) is 6.42 Å². The van der Waals surface area contributed by atoms with E-state index in [1.807, 2.05) is 36.3 Å². The van der Waals surface area contributed by atoms with Crippen LogP contribution in [0.5, 0.6) is 0 Å². The van der Waals surface area contributed by atoms with Gasteiger partial charge in [-0.2, -0.15) is 0 Å². The molecule has 0 bridgehead atoms. The first kappa shape index (κ1) is 12.7. The predicted octanol–water partition coefficient (Wildman–Crippen LogP) is 0.823. The summed E-state index contributed by atoms with van der Waals surface area (Å²) < 4.78 is 0. The van der Waals surface area contributed by atoms with Crippen LogP contribution in [0.2, 0.25) is 0 Å². The second-order valence-corrected chi connectivity index (χ2v) is 3.79. The second-order valence-electron chi connectivity index (χ2n) is 3.79. The number of aliphatic hydroxyl groups is 2. The zero-order valence-corrected chi connectivity index (χ0v) is 9.43. The quantitative estimate of drug-likeness (QED) is 0.569. The number of nitrogens with zero attached hydrogens (tertiary/aromatic N) is 1. The van der Waals surface area contributed by atoms with Crippen LogP contribution in [-0.4, -0.2) is 34.6 Å². The average molecular weight is 219 g/mol. The SMILES string of the molecule is C#CC(O)(O)N(C)CCCc1ccccc1. The van der Waals surface area contributed by atoms with Crippen LogP contribution >= 0.6 is 0 Å². The molecule has 0 atom stereocenters. The van der Waals surface area contributed by atoms with E-state index in [1.165, 1.54) is 10.5 Å². The lowest BCUT2D eigenvalue weighted by atomic mass is 10.1. The Bertz CT molecular complexity index is 354. The zero-order valence-electron chi connectivity index (χ0n) is 9.43. The molecule has 3 nitrogen and oxygen atoms in total. The van der Waals surface area contributed by atoms with Crippen molar-refractivity contribution in [1.82, 2.24) is 4.90 Å². The maximum Gasteiger partial charge on any atom is 0.293 e. The Morgan fingerprint density at radius 2 is 1.94 bits per heavy atom. The van der Waals surface area contributed by atoms with Crippen LogP contribution < -0.4 is 0 Å². The summed E-state index contributed by atoms with van der Waals surface area (Å²) in [6.07, 6.45) is 6.72. The Morgan fingerprint density at radius 3 is 2.50 bits per heavy atom. The Kier molecular flexibility index (Phi) is 4.51. The van der Waals surface area contributed by atoms with Gasteiger partial charge in [0.2, 0.25) is 0 Å². The van der Waals surface area contributed by atoms with Crippen LogP contribution in [0, 0.1) is 12.3 Å². The van der Waals surface area contributed by atoms with Crippen molar-refractivity contribution in [3.8, 4) is 12.3 Å². The van der Waals surface area contributed by atoms with Crippen molar-refractivity contribution in [2.75, 3.05) is 13.6 Å². The Balaban J connectivity index is 2.35. The fraction of sp³-hybridized carbons (Fsp3) is 0.385. The van der Waals surface area contributed by atoms with Crippen molar-refractivity contribution in [2.24, 2.45) is 0 Å². The Labute approximate surface area is 96.3 Å². The van der Waals surface area contributed by atoms with Crippen molar-refractivity contribution in [3.05, 3.63) is 35.9 Å². The van der Waals surface area contributed by atoms with Gasteiger partial charge in [0.15, 0.2) is 0 Å². The summed E-state index contributed by atoms with van der Waals surface area (Å²) in [5, 5.41) is 18.7. The first-order valence-electron chi connectivity index (χ1n) is 5.24. The van der Waals surface area contributed by atoms with Gasteiger partial charge in [-0.25, -0.2) is 4.90 Å². The van der Waals surface area contributed by atoms with E-state index in [9.17, 15) is 10.2 Å². The molecule has 0 heterocycles. The van der Waals surface area contributed by atoms with Gasteiger partial charge in [-0.1, -0.05) is 30.3 Å². The Hall–Kier alpha value is -1.34. The fourth-order valence-corrected chi connectivity index (χ4v) is 1.43. The fourth-order valence-electron chi connectivity index (χ4n) is 1.43. The van der Waals surface area contributed by atoms with Gasteiger partial charge in [0, 0.05) is 6.54 Å². The van der Waals surface area contributed by atoms with E-state index in [2.05, 4.69) is 0 Å². The van der Waals surface area contributed by atoms with Gasteiger partial charge in [0.05, 0.1) is 0 Å². The smallest absolute Gasteiger partial charge is 0.293 e. The Morgan fingerprint density at radius 1 is 1.31 bits per heavy atom. The van der Waals surface area contributed by atoms with Gasteiger partial charge in [0.1, 0.15) is 0 Å². The highest BCUT2D eigenvalue weighted by atomic mass is 16.5. The van der Waals surface area contributed by atoms with E-state index in [0.29, 0.717) is 6.54 Å². The molecule has 0 radical (unpaired) electrons. The molecule has 0 spiro atoms. The van der Waals surface area contributed by atoms with Crippen molar-refractivity contribution in [2.45, 2.75) is 18.8 Å². The van der Waals surface area contributed by atoms with Crippen molar-refractivity contribution < 1.29 is 10.2 Å². The highest BCUT2D eigenvalue weighted by Crippen LogP contribution is 2.07. The van der Waals surface area contributed by atoms with Crippen LogP contribution in [0.3, 0.4) is 0 Å². The minimum atomic E-state index is -2.14. The van der Waals surface area contributed by atoms with Gasteiger partial charge in [-0.3, -0.25) is 0 Å². The summed E-state index contributed by atoms with van der Waals surface area (Å²) >= 11 is 0. The lowest BCUT2D eigenvalue weighted by Gasteiger charge is -2.26. The van der Waals surface area contributed by atoms with Crippen LogP contribution in [0.25, 0.3) is 0 Å². The van der Waals surface area contributed by atoms with E-state index >= 15 is 0 Å². The summed E-state index contributed by atoms with van der Waals surface area (Å²) in [6.45, 7) is 0.534. The van der Waals surface area contributed by atoms with Gasteiger partial charge < -0.3 is 10.2 Å². The number of benzene rings is 1. The minimum Gasteiger partial charge on any atom is -0.343 e. The molecule has 1 rings (SSSR count). The second kappa shape index (κ2) is 5.66. The molecule has 16 heavy (non-hydrogen) atoms.